The first-order chi connectivity index (χ1) is 12.4. The minimum absolute atomic E-state index is 0.109. The van der Waals surface area contributed by atoms with Gasteiger partial charge in [0.25, 0.3) is 5.91 Å². The lowest BCUT2D eigenvalue weighted by molar-refractivity contribution is -0.128. The molecule has 26 heavy (non-hydrogen) atoms. The number of hydrogen-bond donors (Lipinski definition) is 1. The van der Waals surface area contributed by atoms with Crippen LogP contribution in [0.1, 0.15) is 56.8 Å². The van der Waals surface area contributed by atoms with Crippen molar-refractivity contribution in [1.82, 2.24) is 10.2 Å². The van der Waals surface area contributed by atoms with E-state index in [2.05, 4.69) is 26.1 Å². The van der Waals surface area contributed by atoms with Crippen LogP contribution in [0.4, 0.5) is 0 Å². The van der Waals surface area contributed by atoms with E-state index < -0.39 is 11.8 Å². The average Bonchev–Trinajstić information content (AvgIpc) is 3.01. The predicted octanol–water partition coefficient (Wildman–Crippen LogP) is 3.21. The van der Waals surface area contributed by atoms with Gasteiger partial charge in [0.1, 0.15) is 11.8 Å². The van der Waals surface area contributed by atoms with E-state index in [0.717, 1.165) is 25.7 Å². The highest BCUT2D eigenvalue weighted by Crippen LogP contribution is 2.43. The first-order valence-corrected chi connectivity index (χ1v) is 9.73. The fourth-order valence-electron chi connectivity index (χ4n) is 3.92. The molecule has 1 heterocycles. The van der Waals surface area contributed by atoms with Gasteiger partial charge in [0.05, 0.1) is 6.61 Å². The van der Waals surface area contributed by atoms with Crippen molar-refractivity contribution in [3.05, 3.63) is 35.9 Å². The number of nitrogens with zero attached hydrogens (tertiary/aromatic N) is 1. The zero-order valence-electron chi connectivity index (χ0n) is 16.0. The van der Waals surface area contributed by atoms with Crippen LogP contribution in [0, 0.1) is 11.8 Å². The van der Waals surface area contributed by atoms with E-state index in [0.29, 0.717) is 23.9 Å². The van der Waals surface area contributed by atoms with Gasteiger partial charge in [-0.15, -0.1) is 0 Å². The van der Waals surface area contributed by atoms with Crippen LogP contribution < -0.4 is 5.32 Å². The molecule has 1 saturated heterocycles. The van der Waals surface area contributed by atoms with Crippen LogP contribution in [-0.2, 0) is 9.53 Å². The standard InChI is InChI=1S/C21H30N2O3/c1-15(2)13-22-19(24)18-14-26-21(11-9-16(3)10-12-21)23(18)20(25)17-7-5-4-6-8-17/h4-8,15-16,18H,9-14H2,1-3H3,(H,22,24)/t16?,18-,21?/m0/s1. The molecule has 1 aromatic rings. The Balaban J connectivity index is 1.87. The van der Waals surface area contributed by atoms with Gasteiger partial charge in [-0.3, -0.25) is 14.5 Å². The summed E-state index contributed by atoms with van der Waals surface area (Å²) in [6.45, 7) is 7.23. The van der Waals surface area contributed by atoms with Crippen LogP contribution >= 0.6 is 0 Å². The highest BCUT2D eigenvalue weighted by molar-refractivity contribution is 5.98. The summed E-state index contributed by atoms with van der Waals surface area (Å²) in [5, 5.41) is 2.98. The molecule has 142 valence electrons. The fraction of sp³-hybridized carbons (Fsp3) is 0.619. The molecule has 0 bridgehead atoms. The third kappa shape index (κ3) is 3.78. The maximum absolute atomic E-state index is 13.3. The van der Waals surface area contributed by atoms with Crippen LogP contribution in [0.5, 0.6) is 0 Å². The van der Waals surface area contributed by atoms with Gasteiger partial charge in [0, 0.05) is 12.1 Å². The molecule has 2 fully saturated rings. The lowest BCUT2D eigenvalue weighted by Gasteiger charge is -2.43. The number of carbonyl (C=O) groups is 2. The Bertz CT molecular complexity index is 636. The Morgan fingerprint density at radius 3 is 2.50 bits per heavy atom. The zero-order chi connectivity index (χ0) is 18.7. The minimum Gasteiger partial charge on any atom is -0.354 e. The maximum atomic E-state index is 13.3. The lowest BCUT2D eigenvalue weighted by atomic mass is 9.83. The second kappa shape index (κ2) is 7.78. The van der Waals surface area contributed by atoms with Gasteiger partial charge in [-0.05, 0) is 49.7 Å². The summed E-state index contributed by atoms with van der Waals surface area (Å²) in [4.78, 5) is 27.9. The quantitative estimate of drug-likeness (QED) is 0.899. The molecule has 1 aliphatic heterocycles. The molecule has 1 saturated carbocycles. The van der Waals surface area contributed by atoms with E-state index in [1.807, 2.05) is 30.3 Å². The summed E-state index contributed by atoms with van der Waals surface area (Å²) in [5.74, 6) is 0.775. The smallest absolute Gasteiger partial charge is 0.256 e. The lowest BCUT2D eigenvalue weighted by Crippen LogP contribution is -2.57. The van der Waals surface area contributed by atoms with Gasteiger partial charge < -0.3 is 10.1 Å². The molecule has 1 aliphatic carbocycles. The van der Waals surface area contributed by atoms with Gasteiger partial charge in [-0.2, -0.15) is 0 Å². The third-order valence-corrected chi connectivity index (χ3v) is 5.54. The Labute approximate surface area is 156 Å². The SMILES string of the molecule is CC(C)CNC(=O)[C@@H]1COC2(CCC(C)CC2)N1C(=O)c1ccccc1. The van der Waals surface area contributed by atoms with E-state index >= 15 is 0 Å². The van der Waals surface area contributed by atoms with Crippen LogP contribution in [0.15, 0.2) is 30.3 Å². The topological polar surface area (TPSA) is 58.6 Å². The number of hydrogen-bond acceptors (Lipinski definition) is 3. The van der Waals surface area contributed by atoms with E-state index in [4.69, 9.17) is 4.74 Å². The van der Waals surface area contributed by atoms with E-state index in [1.165, 1.54) is 0 Å². The average molecular weight is 358 g/mol. The summed E-state index contributed by atoms with van der Waals surface area (Å²) in [6.07, 6.45) is 3.61. The van der Waals surface area contributed by atoms with Gasteiger partial charge in [0.2, 0.25) is 5.91 Å². The van der Waals surface area contributed by atoms with Crippen molar-refractivity contribution in [2.75, 3.05) is 13.2 Å². The van der Waals surface area contributed by atoms with Gasteiger partial charge in [-0.25, -0.2) is 0 Å². The summed E-state index contributed by atoms with van der Waals surface area (Å²) >= 11 is 0. The second-order valence-corrected chi connectivity index (χ2v) is 8.14. The Hall–Kier alpha value is -1.88. The van der Waals surface area contributed by atoms with Crippen molar-refractivity contribution in [3.63, 3.8) is 0 Å². The number of carbonyl (C=O) groups excluding carboxylic acids is 2. The molecule has 5 nitrogen and oxygen atoms in total. The summed E-state index contributed by atoms with van der Waals surface area (Å²) in [5.41, 5.74) is -0.0307. The van der Waals surface area contributed by atoms with Crippen LogP contribution in [0.3, 0.4) is 0 Å². The van der Waals surface area contributed by atoms with Crippen molar-refractivity contribution in [2.24, 2.45) is 11.8 Å². The van der Waals surface area contributed by atoms with Gasteiger partial charge >= 0.3 is 0 Å². The summed E-state index contributed by atoms with van der Waals surface area (Å²) < 4.78 is 6.17. The van der Waals surface area contributed by atoms with Crippen molar-refractivity contribution < 1.29 is 14.3 Å². The molecule has 2 aliphatic rings. The summed E-state index contributed by atoms with van der Waals surface area (Å²) in [6, 6.07) is 8.66. The Morgan fingerprint density at radius 2 is 1.88 bits per heavy atom. The van der Waals surface area contributed by atoms with E-state index in [9.17, 15) is 9.59 Å². The van der Waals surface area contributed by atoms with Gasteiger partial charge in [-0.1, -0.05) is 39.0 Å². The molecule has 5 heteroatoms. The molecule has 3 rings (SSSR count). The van der Waals surface area contributed by atoms with Crippen molar-refractivity contribution in [3.8, 4) is 0 Å². The number of amides is 2. The van der Waals surface area contributed by atoms with Crippen LogP contribution in [0.2, 0.25) is 0 Å². The van der Waals surface area contributed by atoms with Crippen LogP contribution in [0.25, 0.3) is 0 Å². The maximum Gasteiger partial charge on any atom is 0.256 e. The Morgan fingerprint density at radius 1 is 1.23 bits per heavy atom. The molecular weight excluding hydrogens is 328 g/mol. The molecule has 1 spiro atoms. The van der Waals surface area contributed by atoms with Crippen molar-refractivity contribution in [2.45, 2.75) is 58.2 Å². The van der Waals surface area contributed by atoms with Crippen molar-refractivity contribution >= 4 is 11.8 Å². The predicted molar refractivity (Wildman–Crippen MR) is 101 cm³/mol. The molecular formula is C21H30N2O3. The monoisotopic (exact) mass is 358 g/mol. The third-order valence-electron chi connectivity index (χ3n) is 5.54. The first kappa shape index (κ1) is 18.9. The normalized spacial score (nSPS) is 28.5. The first-order valence-electron chi connectivity index (χ1n) is 9.73. The number of benzene rings is 1. The molecule has 0 aromatic heterocycles. The largest absolute Gasteiger partial charge is 0.354 e. The number of ether oxygens (including phenoxy) is 1. The molecule has 1 N–H and O–H groups in total. The van der Waals surface area contributed by atoms with Gasteiger partial charge in [0.15, 0.2) is 0 Å². The molecule has 2 amide bonds. The summed E-state index contributed by atoms with van der Waals surface area (Å²) in [7, 11) is 0. The van der Waals surface area contributed by atoms with Crippen molar-refractivity contribution in [1.29, 1.82) is 0 Å². The highest BCUT2D eigenvalue weighted by atomic mass is 16.5. The van der Waals surface area contributed by atoms with Crippen LogP contribution in [-0.4, -0.2) is 41.6 Å². The number of nitrogens with one attached hydrogen (secondary N) is 1. The molecule has 0 unspecified atom stereocenters. The zero-order valence-corrected chi connectivity index (χ0v) is 16.0. The molecule has 1 aromatic carbocycles. The molecule has 0 radical (unpaired) electrons. The second-order valence-electron chi connectivity index (χ2n) is 8.14. The molecule has 1 atom stereocenters. The van der Waals surface area contributed by atoms with E-state index in [-0.39, 0.29) is 18.4 Å². The Kier molecular flexibility index (Phi) is 5.66. The van der Waals surface area contributed by atoms with E-state index in [1.54, 1.807) is 4.90 Å². The highest BCUT2D eigenvalue weighted by Gasteiger charge is 2.53. The fourth-order valence-corrected chi connectivity index (χ4v) is 3.92. The minimum atomic E-state index is -0.640. The number of rotatable bonds is 4.